The van der Waals surface area contributed by atoms with Crippen LogP contribution in [0.25, 0.3) is 0 Å². The van der Waals surface area contributed by atoms with Crippen molar-refractivity contribution in [3.8, 4) is 0 Å². The zero-order valence-corrected chi connectivity index (χ0v) is 13.2. The first-order chi connectivity index (χ1) is 10.0. The minimum atomic E-state index is -0.760. The number of carbonyl (C=O) groups excluding carboxylic acids is 2. The van der Waals surface area contributed by atoms with E-state index < -0.39 is 18.2 Å². The van der Waals surface area contributed by atoms with Crippen molar-refractivity contribution in [3.05, 3.63) is 35.9 Å². The quantitative estimate of drug-likeness (QED) is 0.690. The molecule has 0 radical (unpaired) electrons. The summed E-state index contributed by atoms with van der Waals surface area (Å²) in [6.45, 7) is 5.52. The summed E-state index contributed by atoms with van der Waals surface area (Å²) in [5, 5.41) is 0. The minimum absolute atomic E-state index is 0.100. The van der Waals surface area contributed by atoms with Crippen LogP contribution >= 0.6 is 0 Å². The summed E-state index contributed by atoms with van der Waals surface area (Å²) in [6, 6.07) is 9.19. The van der Waals surface area contributed by atoms with E-state index in [9.17, 15) is 9.59 Å². The molecular formula is C17H24O4. The van der Waals surface area contributed by atoms with Gasteiger partial charge in [0.05, 0.1) is 5.92 Å². The van der Waals surface area contributed by atoms with Crippen molar-refractivity contribution in [2.24, 2.45) is 5.92 Å². The summed E-state index contributed by atoms with van der Waals surface area (Å²) in [5.74, 6) is -0.646. The van der Waals surface area contributed by atoms with Gasteiger partial charge in [0, 0.05) is 13.5 Å². The number of ether oxygens (including phenoxy) is 2. The van der Waals surface area contributed by atoms with Crippen molar-refractivity contribution in [2.75, 3.05) is 7.11 Å². The van der Waals surface area contributed by atoms with Crippen molar-refractivity contribution < 1.29 is 19.1 Å². The van der Waals surface area contributed by atoms with E-state index in [1.165, 1.54) is 7.11 Å². The summed E-state index contributed by atoms with van der Waals surface area (Å²) in [4.78, 5) is 24.1. The molecule has 4 nitrogen and oxygen atoms in total. The molecule has 0 aliphatic heterocycles. The molecule has 1 aromatic carbocycles. The molecule has 0 N–H and O–H groups in total. The van der Waals surface area contributed by atoms with E-state index in [2.05, 4.69) is 0 Å². The number of benzene rings is 1. The fraction of sp³-hybridized carbons (Fsp3) is 0.529. The van der Waals surface area contributed by atoms with Gasteiger partial charge >= 0.3 is 5.97 Å². The lowest BCUT2D eigenvalue weighted by Gasteiger charge is -2.24. The molecule has 3 atom stereocenters. The SMILES string of the molecule is CCC(=O)[C@@H](C)[C@@H](CC)OC(=O)[C@H](OC)c1ccccc1. The molecule has 1 rings (SSSR count). The van der Waals surface area contributed by atoms with Crippen LogP contribution in [0.1, 0.15) is 45.3 Å². The van der Waals surface area contributed by atoms with Crippen LogP contribution in [0.3, 0.4) is 0 Å². The van der Waals surface area contributed by atoms with Gasteiger partial charge in [-0.25, -0.2) is 4.79 Å². The van der Waals surface area contributed by atoms with Gasteiger partial charge in [-0.2, -0.15) is 0 Å². The topological polar surface area (TPSA) is 52.6 Å². The number of rotatable bonds is 8. The monoisotopic (exact) mass is 292 g/mol. The summed E-state index contributed by atoms with van der Waals surface area (Å²) in [5.41, 5.74) is 0.745. The number of carbonyl (C=O) groups is 2. The molecule has 0 bridgehead atoms. The molecule has 116 valence electrons. The third-order valence-corrected chi connectivity index (χ3v) is 3.64. The highest BCUT2D eigenvalue weighted by molar-refractivity contribution is 5.82. The molecule has 0 fully saturated rings. The lowest BCUT2D eigenvalue weighted by molar-refractivity contribution is -0.165. The highest BCUT2D eigenvalue weighted by atomic mass is 16.6. The Morgan fingerprint density at radius 1 is 1.14 bits per heavy atom. The van der Waals surface area contributed by atoms with Gasteiger partial charge in [0.2, 0.25) is 0 Å². The molecule has 4 heteroatoms. The number of esters is 1. The lowest BCUT2D eigenvalue weighted by Crippen LogP contribution is -2.32. The second kappa shape index (κ2) is 8.57. The van der Waals surface area contributed by atoms with Crippen LogP contribution in [-0.2, 0) is 19.1 Å². The van der Waals surface area contributed by atoms with E-state index in [1.807, 2.05) is 44.2 Å². The predicted octanol–water partition coefficient (Wildman–Crippen LogP) is 3.31. The molecule has 0 aromatic heterocycles. The predicted molar refractivity (Wildman–Crippen MR) is 80.8 cm³/mol. The Hall–Kier alpha value is -1.68. The van der Waals surface area contributed by atoms with Gasteiger partial charge in [-0.05, 0) is 12.0 Å². The molecule has 0 heterocycles. The molecular weight excluding hydrogens is 268 g/mol. The van der Waals surface area contributed by atoms with Gasteiger partial charge in [0.1, 0.15) is 11.9 Å². The molecule has 0 unspecified atom stereocenters. The van der Waals surface area contributed by atoms with E-state index in [0.29, 0.717) is 12.8 Å². The molecule has 21 heavy (non-hydrogen) atoms. The summed E-state index contributed by atoms with van der Waals surface area (Å²) >= 11 is 0. The smallest absolute Gasteiger partial charge is 0.340 e. The van der Waals surface area contributed by atoms with E-state index in [4.69, 9.17) is 9.47 Å². The van der Waals surface area contributed by atoms with Crippen LogP contribution in [-0.4, -0.2) is 25.0 Å². The third kappa shape index (κ3) is 4.67. The second-order valence-corrected chi connectivity index (χ2v) is 5.02. The maximum atomic E-state index is 12.3. The fourth-order valence-corrected chi connectivity index (χ4v) is 2.28. The first kappa shape index (κ1) is 17.4. The van der Waals surface area contributed by atoms with Crippen molar-refractivity contribution in [3.63, 3.8) is 0 Å². The highest BCUT2D eigenvalue weighted by Crippen LogP contribution is 2.22. The Labute approximate surface area is 126 Å². The zero-order valence-electron chi connectivity index (χ0n) is 13.2. The Morgan fingerprint density at radius 2 is 1.76 bits per heavy atom. The average Bonchev–Trinajstić information content (AvgIpc) is 2.52. The number of methoxy groups -OCH3 is 1. The average molecular weight is 292 g/mol. The highest BCUT2D eigenvalue weighted by Gasteiger charge is 2.29. The minimum Gasteiger partial charge on any atom is -0.459 e. The molecule has 0 spiro atoms. The van der Waals surface area contributed by atoms with Crippen molar-refractivity contribution in [2.45, 2.75) is 45.8 Å². The lowest BCUT2D eigenvalue weighted by atomic mass is 9.96. The van der Waals surface area contributed by atoms with E-state index in [0.717, 1.165) is 5.56 Å². The molecule has 0 aliphatic rings. The second-order valence-electron chi connectivity index (χ2n) is 5.02. The molecule has 0 saturated carbocycles. The molecule has 0 amide bonds. The first-order valence-corrected chi connectivity index (χ1v) is 7.36. The number of hydrogen-bond acceptors (Lipinski definition) is 4. The molecule has 0 aliphatic carbocycles. The Bertz CT molecular complexity index is 455. The van der Waals surface area contributed by atoms with Gasteiger partial charge in [-0.15, -0.1) is 0 Å². The van der Waals surface area contributed by atoms with Gasteiger partial charge in [-0.3, -0.25) is 4.79 Å². The number of hydrogen-bond donors (Lipinski definition) is 0. The standard InChI is InChI=1S/C17H24O4/c1-5-14(18)12(3)15(6-2)21-17(19)16(20-4)13-10-8-7-9-11-13/h7-12,15-16H,5-6H2,1-4H3/t12-,15-,16-/m1/s1. The number of ketones is 1. The van der Waals surface area contributed by atoms with Crippen LogP contribution < -0.4 is 0 Å². The largest absolute Gasteiger partial charge is 0.459 e. The maximum absolute atomic E-state index is 12.3. The van der Waals surface area contributed by atoms with Crippen LogP contribution in [0.5, 0.6) is 0 Å². The van der Waals surface area contributed by atoms with Gasteiger partial charge in [0.25, 0.3) is 0 Å². The molecule has 0 saturated heterocycles. The Balaban J connectivity index is 2.79. The third-order valence-electron chi connectivity index (χ3n) is 3.64. The maximum Gasteiger partial charge on any atom is 0.340 e. The number of Topliss-reactive ketones (excluding diaryl/α,β-unsaturated/α-hetero) is 1. The van der Waals surface area contributed by atoms with Crippen LogP contribution in [0, 0.1) is 5.92 Å². The van der Waals surface area contributed by atoms with Gasteiger partial charge < -0.3 is 9.47 Å². The normalized spacial score (nSPS) is 15.0. The Kier molecular flexibility index (Phi) is 7.09. The van der Waals surface area contributed by atoms with Gasteiger partial charge in [-0.1, -0.05) is 51.1 Å². The van der Waals surface area contributed by atoms with Crippen molar-refractivity contribution >= 4 is 11.8 Å². The van der Waals surface area contributed by atoms with Crippen molar-refractivity contribution in [1.29, 1.82) is 0 Å². The van der Waals surface area contributed by atoms with E-state index >= 15 is 0 Å². The van der Waals surface area contributed by atoms with Gasteiger partial charge in [0.15, 0.2) is 6.10 Å². The van der Waals surface area contributed by atoms with E-state index in [1.54, 1.807) is 6.92 Å². The summed E-state index contributed by atoms with van der Waals surface area (Å²) in [7, 11) is 1.47. The van der Waals surface area contributed by atoms with Crippen LogP contribution in [0.2, 0.25) is 0 Å². The first-order valence-electron chi connectivity index (χ1n) is 7.36. The zero-order chi connectivity index (χ0) is 15.8. The van der Waals surface area contributed by atoms with Crippen LogP contribution in [0.15, 0.2) is 30.3 Å². The van der Waals surface area contributed by atoms with Crippen molar-refractivity contribution in [1.82, 2.24) is 0 Å². The fourth-order valence-electron chi connectivity index (χ4n) is 2.28. The molecule has 1 aromatic rings. The van der Waals surface area contributed by atoms with Crippen LogP contribution in [0.4, 0.5) is 0 Å². The summed E-state index contributed by atoms with van der Waals surface area (Å²) < 4.78 is 10.8. The Morgan fingerprint density at radius 3 is 2.24 bits per heavy atom. The van der Waals surface area contributed by atoms with E-state index in [-0.39, 0.29) is 11.7 Å². The summed E-state index contributed by atoms with van der Waals surface area (Å²) in [6.07, 6.45) is -0.124.